The van der Waals surface area contributed by atoms with Crippen molar-refractivity contribution in [2.75, 3.05) is 42.9 Å². The van der Waals surface area contributed by atoms with Crippen LogP contribution in [0.25, 0.3) is 0 Å². The smallest absolute Gasteiger partial charge is 0.291 e. The van der Waals surface area contributed by atoms with Crippen molar-refractivity contribution in [1.29, 1.82) is 0 Å². The summed E-state index contributed by atoms with van der Waals surface area (Å²) in [5, 5.41) is 6.25. The molecule has 4 rings (SSSR count). The molecule has 1 saturated heterocycles. The monoisotopic (exact) mass is 431 g/mol. The summed E-state index contributed by atoms with van der Waals surface area (Å²) in [6.45, 7) is 7.29. The second kappa shape index (κ2) is 10.5. The fourth-order valence-electron chi connectivity index (χ4n) is 3.70. The zero-order valence-electron chi connectivity index (χ0n) is 18.3. The third-order valence-electron chi connectivity index (χ3n) is 5.40. The highest BCUT2D eigenvalue weighted by atomic mass is 16.3. The lowest BCUT2D eigenvalue weighted by atomic mass is 10.2. The maximum Gasteiger partial charge on any atom is 0.291 e. The molecule has 2 N–H and O–H groups in total. The first-order chi connectivity index (χ1) is 15.7. The lowest BCUT2D eigenvalue weighted by Gasteiger charge is -2.37. The van der Waals surface area contributed by atoms with Crippen LogP contribution in [0.15, 0.2) is 82.4 Å². The third-order valence-corrected chi connectivity index (χ3v) is 5.40. The van der Waals surface area contributed by atoms with Gasteiger partial charge in [-0.05, 0) is 48.9 Å². The number of amides is 1. The number of benzene rings is 2. The first-order valence-electron chi connectivity index (χ1n) is 11.0. The van der Waals surface area contributed by atoms with Crippen LogP contribution in [-0.4, -0.2) is 49.5 Å². The second-order valence-corrected chi connectivity index (χ2v) is 7.61. The van der Waals surface area contributed by atoms with E-state index in [0.717, 1.165) is 49.9 Å². The van der Waals surface area contributed by atoms with Crippen LogP contribution in [0.3, 0.4) is 0 Å². The molecular weight excluding hydrogens is 402 g/mol. The number of carbonyl (C=O) groups is 1. The number of piperazine rings is 1. The molecule has 1 aliphatic rings. The van der Waals surface area contributed by atoms with E-state index in [-0.39, 0.29) is 5.91 Å². The van der Waals surface area contributed by atoms with Gasteiger partial charge in [-0.2, -0.15) is 0 Å². The number of hydrogen-bond donors (Lipinski definition) is 2. The number of hydrogen-bond acceptors (Lipinski definition) is 4. The lowest BCUT2D eigenvalue weighted by Crippen LogP contribution is -2.52. The highest BCUT2D eigenvalue weighted by Gasteiger charge is 2.19. The van der Waals surface area contributed by atoms with Gasteiger partial charge in [0.25, 0.3) is 5.91 Å². The SMILES string of the molecule is CCNC(=NCc1ccc(NC(=O)c2ccco2)cc1)N1CCN(c2ccccc2)CC1. The van der Waals surface area contributed by atoms with Gasteiger partial charge in [-0.3, -0.25) is 4.79 Å². The standard InChI is InChI=1S/C25H29N5O2/c1-2-26-25(30-16-14-29(15-17-30)22-7-4-3-5-8-22)27-19-20-10-12-21(13-11-20)28-24(31)23-9-6-18-32-23/h3-13,18H,2,14-17,19H2,1H3,(H,26,27)(H,28,31). The highest BCUT2D eigenvalue weighted by molar-refractivity contribution is 6.02. The molecule has 2 heterocycles. The second-order valence-electron chi connectivity index (χ2n) is 7.61. The van der Waals surface area contributed by atoms with Crippen LogP contribution in [0.1, 0.15) is 23.0 Å². The Hall–Kier alpha value is -3.74. The fourth-order valence-corrected chi connectivity index (χ4v) is 3.70. The van der Waals surface area contributed by atoms with Gasteiger partial charge in [0, 0.05) is 44.1 Å². The van der Waals surface area contributed by atoms with Gasteiger partial charge in [-0.25, -0.2) is 4.99 Å². The van der Waals surface area contributed by atoms with Gasteiger partial charge >= 0.3 is 0 Å². The Morgan fingerprint density at radius 3 is 2.38 bits per heavy atom. The van der Waals surface area contributed by atoms with Gasteiger partial charge in [-0.1, -0.05) is 30.3 Å². The summed E-state index contributed by atoms with van der Waals surface area (Å²) in [6.07, 6.45) is 1.49. The Kier molecular flexibility index (Phi) is 7.07. The molecule has 32 heavy (non-hydrogen) atoms. The Bertz CT molecular complexity index is 1010. The minimum atomic E-state index is -0.259. The van der Waals surface area contributed by atoms with Gasteiger partial charge in [0.1, 0.15) is 0 Å². The number of rotatable bonds is 6. The van der Waals surface area contributed by atoms with Crippen LogP contribution in [0.2, 0.25) is 0 Å². The van der Waals surface area contributed by atoms with Crippen molar-refractivity contribution in [2.45, 2.75) is 13.5 Å². The molecule has 0 aliphatic carbocycles. The first kappa shape index (κ1) is 21.5. The third kappa shape index (κ3) is 5.49. The molecule has 1 fully saturated rings. The van der Waals surface area contributed by atoms with E-state index in [0.29, 0.717) is 12.3 Å². The Morgan fingerprint density at radius 2 is 1.72 bits per heavy atom. The summed E-state index contributed by atoms with van der Waals surface area (Å²) in [5.41, 5.74) is 3.08. The number of para-hydroxylation sites is 1. The molecule has 1 aromatic heterocycles. The normalized spacial score (nSPS) is 14.3. The predicted octanol–water partition coefficient (Wildman–Crippen LogP) is 3.82. The van der Waals surface area contributed by atoms with Crippen molar-refractivity contribution in [3.05, 3.63) is 84.3 Å². The predicted molar refractivity (Wildman–Crippen MR) is 128 cm³/mol. The van der Waals surface area contributed by atoms with Crippen LogP contribution >= 0.6 is 0 Å². The largest absolute Gasteiger partial charge is 0.459 e. The Morgan fingerprint density at radius 1 is 0.969 bits per heavy atom. The summed E-state index contributed by atoms with van der Waals surface area (Å²) in [7, 11) is 0. The van der Waals surface area contributed by atoms with E-state index in [1.165, 1.54) is 12.0 Å². The van der Waals surface area contributed by atoms with Gasteiger partial charge in [0.15, 0.2) is 11.7 Å². The summed E-state index contributed by atoms with van der Waals surface area (Å²) in [5.74, 6) is 0.974. The van der Waals surface area contributed by atoms with Crippen LogP contribution in [0.5, 0.6) is 0 Å². The van der Waals surface area contributed by atoms with Crippen molar-refractivity contribution in [2.24, 2.45) is 4.99 Å². The van der Waals surface area contributed by atoms with Crippen LogP contribution in [0, 0.1) is 0 Å². The van der Waals surface area contributed by atoms with E-state index >= 15 is 0 Å². The number of anilines is 2. The highest BCUT2D eigenvalue weighted by Crippen LogP contribution is 2.16. The minimum absolute atomic E-state index is 0.259. The summed E-state index contributed by atoms with van der Waals surface area (Å²) < 4.78 is 5.12. The lowest BCUT2D eigenvalue weighted by molar-refractivity contribution is 0.0996. The Balaban J connectivity index is 1.33. The zero-order chi connectivity index (χ0) is 22.2. The van der Waals surface area contributed by atoms with Gasteiger partial charge in [0.05, 0.1) is 12.8 Å². The van der Waals surface area contributed by atoms with Gasteiger partial charge in [-0.15, -0.1) is 0 Å². The molecule has 1 aliphatic heterocycles. The average Bonchev–Trinajstić information content (AvgIpc) is 3.39. The minimum Gasteiger partial charge on any atom is -0.459 e. The molecular formula is C25H29N5O2. The maximum atomic E-state index is 12.1. The van der Waals surface area contributed by atoms with E-state index in [4.69, 9.17) is 9.41 Å². The molecule has 7 nitrogen and oxygen atoms in total. The van der Waals surface area contributed by atoms with Crippen LogP contribution in [-0.2, 0) is 6.54 Å². The van der Waals surface area contributed by atoms with E-state index < -0.39 is 0 Å². The molecule has 0 spiro atoms. The molecule has 7 heteroatoms. The van der Waals surface area contributed by atoms with E-state index in [9.17, 15) is 4.79 Å². The molecule has 166 valence electrons. The average molecular weight is 432 g/mol. The molecule has 3 aromatic rings. The molecule has 0 unspecified atom stereocenters. The summed E-state index contributed by atoms with van der Waals surface area (Å²) in [4.78, 5) is 21.7. The zero-order valence-corrected chi connectivity index (χ0v) is 18.3. The van der Waals surface area contributed by atoms with Gasteiger partial charge in [0.2, 0.25) is 0 Å². The van der Waals surface area contributed by atoms with Crippen molar-refractivity contribution < 1.29 is 9.21 Å². The number of aliphatic imine (C=N–C) groups is 1. The number of nitrogens with one attached hydrogen (secondary N) is 2. The molecule has 0 atom stereocenters. The summed E-state index contributed by atoms with van der Waals surface area (Å²) >= 11 is 0. The van der Waals surface area contributed by atoms with Crippen LogP contribution < -0.4 is 15.5 Å². The first-order valence-corrected chi connectivity index (χ1v) is 11.0. The number of furan rings is 1. The van der Waals surface area contributed by atoms with Crippen molar-refractivity contribution in [3.8, 4) is 0 Å². The van der Waals surface area contributed by atoms with Crippen LogP contribution in [0.4, 0.5) is 11.4 Å². The van der Waals surface area contributed by atoms with E-state index in [1.807, 2.05) is 24.3 Å². The number of guanidine groups is 1. The Labute approximate surface area is 188 Å². The fraction of sp³-hybridized carbons (Fsp3) is 0.280. The van der Waals surface area contributed by atoms with Crippen molar-refractivity contribution in [3.63, 3.8) is 0 Å². The van der Waals surface area contributed by atoms with Crippen molar-refractivity contribution >= 4 is 23.2 Å². The number of nitrogens with zero attached hydrogens (tertiary/aromatic N) is 3. The molecule has 0 bridgehead atoms. The summed E-state index contributed by atoms with van der Waals surface area (Å²) in [6, 6.07) is 21.6. The quantitative estimate of drug-likeness (QED) is 0.459. The topological polar surface area (TPSA) is 73.1 Å². The molecule has 0 saturated carbocycles. The van der Waals surface area contributed by atoms with Crippen molar-refractivity contribution in [1.82, 2.24) is 10.2 Å². The van der Waals surface area contributed by atoms with E-state index in [2.05, 4.69) is 57.7 Å². The molecule has 0 radical (unpaired) electrons. The molecule has 1 amide bonds. The van der Waals surface area contributed by atoms with Gasteiger partial charge < -0.3 is 24.9 Å². The molecule has 2 aromatic carbocycles. The number of carbonyl (C=O) groups excluding carboxylic acids is 1. The maximum absolute atomic E-state index is 12.1. The van der Waals surface area contributed by atoms with E-state index in [1.54, 1.807) is 12.1 Å².